The van der Waals surface area contributed by atoms with Crippen LogP contribution in [0.4, 0.5) is 11.5 Å². The molecule has 1 aromatic carbocycles. The standard InChI is InChI=1S/C16H17N5O/c1-9-4-6-11(7-5-9)18-16(22)13-8-12-10(2)20-21(3)15(12)19-14(13)17/h4-8H,1-3H3,(H2,17,19)(H,18,22). The number of carbonyl (C=O) groups excluding carboxylic acids is 1. The normalized spacial score (nSPS) is 10.9. The lowest BCUT2D eigenvalue weighted by atomic mass is 10.1. The van der Waals surface area contributed by atoms with E-state index in [1.54, 1.807) is 17.8 Å². The van der Waals surface area contributed by atoms with Crippen LogP contribution in [0.5, 0.6) is 0 Å². The molecule has 3 aromatic rings. The average molecular weight is 295 g/mol. The van der Waals surface area contributed by atoms with E-state index in [2.05, 4.69) is 15.4 Å². The molecule has 0 radical (unpaired) electrons. The quantitative estimate of drug-likeness (QED) is 0.760. The summed E-state index contributed by atoms with van der Waals surface area (Å²) in [6.45, 7) is 3.87. The first-order chi connectivity index (χ1) is 10.5. The summed E-state index contributed by atoms with van der Waals surface area (Å²) in [4.78, 5) is 16.7. The number of anilines is 2. The molecule has 6 heteroatoms. The van der Waals surface area contributed by atoms with E-state index in [4.69, 9.17) is 5.73 Å². The van der Waals surface area contributed by atoms with E-state index in [9.17, 15) is 4.79 Å². The van der Waals surface area contributed by atoms with Gasteiger partial charge in [-0.05, 0) is 32.0 Å². The lowest BCUT2D eigenvalue weighted by Crippen LogP contribution is -2.15. The highest BCUT2D eigenvalue weighted by Crippen LogP contribution is 2.22. The summed E-state index contributed by atoms with van der Waals surface area (Å²) in [5.41, 5.74) is 9.62. The fourth-order valence-electron chi connectivity index (χ4n) is 2.37. The maximum absolute atomic E-state index is 12.4. The highest BCUT2D eigenvalue weighted by molar-refractivity contribution is 6.09. The number of nitrogens with two attached hydrogens (primary N) is 1. The number of benzene rings is 1. The van der Waals surface area contributed by atoms with Crippen LogP contribution in [0.3, 0.4) is 0 Å². The maximum Gasteiger partial charge on any atom is 0.259 e. The first kappa shape index (κ1) is 14.1. The van der Waals surface area contributed by atoms with Crippen LogP contribution < -0.4 is 11.1 Å². The van der Waals surface area contributed by atoms with Gasteiger partial charge in [0.2, 0.25) is 0 Å². The van der Waals surface area contributed by atoms with Crippen LogP contribution in [-0.2, 0) is 7.05 Å². The van der Waals surface area contributed by atoms with Crippen LogP contribution in [0.15, 0.2) is 30.3 Å². The van der Waals surface area contributed by atoms with Crippen molar-refractivity contribution in [1.82, 2.24) is 14.8 Å². The number of nitrogen functional groups attached to an aromatic ring is 1. The number of pyridine rings is 1. The zero-order chi connectivity index (χ0) is 15.9. The summed E-state index contributed by atoms with van der Waals surface area (Å²) in [6, 6.07) is 9.32. The van der Waals surface area contributed by atoms with Crippen molar-refractivity contribution in [2.24, 2.45) is 7.05 Å². The number of rotatable bonds is 2. The third-order valence-corrected chi connectivity index (χ3v) is 3.58. The first-order valence-corrected chi connectivity index (χ1v) is 6.93. The molecule has 0 saturated carbocycles. The van der Waals surface area contributed by atoms with Gasteiger partial charge in [0, 0.05) is 18.1 Å². The van der Waals surface area contributed by atoms with Crippen LogP contribution in [-0.4, -0.2) is 20.7 Å². The minimum atomic E-state index is -0.279. The molecule has 0 spiro atoms. The molecule has 0 atom stereocenters. The molecule has 3 rings (SSSR count). The van der Waals surface area contributed by atoms with Gasteiger partial charge in [-0.2, -0.15) is 5.10 Å². The van der Waals surface area contributed by atoms with E-state index in [0.717, 1.165) is 22.3 Å². The van der Waals surface area contributed by atoms with Crippen molar-refractivity contribution in [3.8, 4) is 0 Å². The van der Waals surface area contributed by atoms with Crippen molar-refractivity contribution in [2.75, 3.05) is 11.1 Å². The summed E-state index contributed by atoms with van der Waals surface area (Å²) in [7, 11) is 1.80. The number of hydrogen-bond acceptors (Lipinski definition) is 4. The van der Waals surface area contributed by atoms with E-state index >= 15 is 0 Å². The van der Waals surface area contributed by atoms with Crippen molar-refractivity contribution < 1.29 is 4.79 Å². The Morgan fingerprint density at radius 2 is 1.91 bits per heavy atom. The van der Waals surface area contributed by atoms with Gasteiger partial charge in [0.1, 0.15) is 5.82 Å². The Morgan fingerprint density at radius 3 is 2.59 bits per heavy atom. The fourth-order valence-corrected chi connectivity index (χ4v) is 2.37. The molecular weight excluding hydrogens is 278 g/mol. The minimum Gasteiger partial charge on any atom is -0.383 e. The van der Waals surface area contributed by atoms with Gasteiger partial charge in [-0.15, -0.1) is 0 Å². The van der Waals surface area contributed by atoms with Crippen LogP contribution >= 0.6 is 0 Å². The largest absolute Gasteiger partial charge is 0.383 e. The van der Waals surface area contributed by atoms with Gasteiger partial charge >= 0.3 is 0 Å². The molecular formula is C16H17N5O. The number of amides is 1. The van der Waals surface area contributed by atoms with Crippen LogP contribution in [0.2, 0.25) is 0 Å². The molecule has 0 fully saturated rings. The smallest absolute Gasteiger partial charge is 0.259 e. The van der Waals surface area contributed by atoms with Crippen LogP contribution in [0, 0.1) is 13.8 Å². The Balaban J connectivity index is 1.98. The number of nitrogens with zero attached hydrogens (tertiary/aromatic N) is 3. The Bertz CT molecular complexity index is 864. The molecule has 0 unspecified atom stereocenters. The second-order valence-electron chi connectivity index (χ2n) is 5.32. The Kier molecular flexibility index (Phi) is 3.29. The molecule has 0 saturated heterocycles. The van der Waals surface area contributed by atoms with Gasteiger partial charge in [0.25, 0.3) is 5.91 Å². The van der Waals surface area contributed by atoms with E-state index in [-0.39, 0.29) is 11.7 Å². The molecule has 2 heterocycles. The topological polar surface area (TPSA) is 85.8 Å². The van der Waals surface area contributed by atoms with E-state index in [1.165, 1.54) is 0 Å². The maximum atomic E-state index is 12.4. The lowest BCUT2D eigenvalue weighted by molar-refractivity contribution is 0.102. The van der Waals surface area contributed by atoms with Crippen LogP contribution in [0.25, 0.3) is 11.0 Å². The second kappa shape index (κ2) is 5.14. The van der Waals surface area contributed by atoms with Gasteiger partial charge < -0.3 is 11.1 Å². The minimum absolute atomic E-state index is 0.195. The van der Waals surface area contributed by atoms with E-state index in [0.29, 0.717) is 11.2 Å². The number of aromatic nitrogens is 3. The van der Waals surface area contributed by atoms with Crippen molar-refractivity contribution in [2.45, 2.75) is 13.8 Å². The third kappa shape index (κ3) is 2.39. The number of aryl methyl sites for hydroxylation is 3. The lowest BCUT2D eigenvalue weighted by Gasteiger charge is -2.08. The van der Waals surface area contributed by atoms with Gasteiger partial charge in [-0.25, -0.2) is 4.98 Å². The summed E-state index contributed by atoms with van der Waals surface area (Å²) in [6.07, 6.45) is 0. The van der Waals surface area contributed by atoms with Crippen molar-refractivity contribution in [3.63, 3.8) is 0 Å². The molecule has 2 aromatic heterocycles. The summed E-state index contributed by atoms with van der Waals surface area (Å²) < 4.78 is 1.66. The van der Waals surface area contributed by atoms with E-state index < -0.39 is 0 Å². The van der Waals surface area contributed by atoms with Crippen molar-refractivity contribution in [1.29, 1.82) is 0 Å². The number of hydrogen-bond donors (Lipinski definition) is 2. The Morgan fingerprint density at radius 1 is 1.23 bits per heavy atom. The summed E-state index contributed by atoms with van der Waals surface area (Å²) >= 11 is 0. The molecule has 1 amide bonds. The van der Waals surface area contributed by atoms with Crippen molar-refractivity contribution >= 4 is 28.4 Å². The zero-order valence-electron chi connectivity index (χ0n) is 12.7. The SMILES string of the molecule is Cc1ccc(NC(=O)c2cc3c(C)nn(C)c3nc2N)cc1. The van der Waals surface area contributed by atoms with Gasteiger partial charge in [-0.3, -0.25) is 9.48 Å². The molecule has 3 N–H and O–H groups in total. The van der Waals surface area contributed by atoms with Crippen molar-refractivity contribution in [3.05, 3.63) is 47.2 Å². The molecule has 112 valence electrons. The second-order valence-corrected chi connectivity index (χ2v) is 5.32. The number of nitrogens with one attached hydrogen (secondary N) is 1. The highest BCUT2D eigenvalue weighted by atomic mass is 16.1. The zero-order valence-corrected chi connectivity index (χ0v) is 12.7. The molecule has 6 nitrogen and oxygen atoms in total. The first-order valence-electron chi connectivity index (χ1n) is 6.93. The molecule has 0 aliphatic carbocycles. The van der Waals surface area contributed by atoms with E-state index in [1.807, 2.05) is 38.1 Å². The molecule has 0 bridgehead atoms. The number of fused-ring (bicyclic) bond motifs is 1. The molecule has 0 aliphatic heterocycles. The predicted octanol–water partition coefficient (Wildman–Crippen LogP) is 2.42. The highest BCUT2D eigenvalue weighted by Gasteiger charge is 2.16. The van der Waals surface area contributed by atoms with Gasteiger partial charge in [0.15, 0.2) is 5.65 Å². The average Bonchev–Trinajstić information content (AvgIpc) is 2.75. The monoisotopic (exact) mass is 295 g/mol. The molecule has 22 heavy (non-hydrogen) atoms. The van der Waals surface area contributed by atoms with Gasteiger partial charge in [-0.1, -0.05) is 17.7 Å². The number of carbonyl (C=O) groups is 1. The van der Waals surface area contributed by atoms with Gasteiger partial charge in [0.05, 0.1) is 11.3 Å². The van der Waals surface area contributed by atoms with Crippen LogP contribution in [0.1, 0.15) is 21.6 Å². The predicted molar refractivity (Wildman–Crippen MR) is 86.8 cm³/mol. The fraction of sp³-hybridized carbons (Fsp3) is 0.188. The third-order valence-electron chi connectivity index (χ3n) is 3.58. The molecule has 0 aliphatic rings. The Labute approximate surface area is 128 Å². The Hall–Kier alpha value is -2.89. The summed E-state index contributed by atoms with van der Waals surface area (Å²) in [5, 5.41) is 7.95. The summed E-state index contributed by atoms with van der Waals surface area (Å²) in [5.74, 6) is -0.0842.